The van der Waals surface area contributed by atoms with Crippen molar-refractivity contribution in [3.63, 3.8) is 0 Å². The second kappa shape index (κ2) is 7.98. The highest BCUT2D eigenvalue weighted by molar-refractivity contribution is 5.99. The zero-order chi connectivity index (χ0) is 24.3. The monoisotopic (exact) mass is 469 g/mol. The van der Waals surface area contributed by atoms with Crippen LogP contribution >= 0.6 is 0 Å². The maximum Gasteiger partial charge on any atom is 0.260 e. The Morgan fingerprint density at radius 3 is 2.53 bits per heavy atom. The van der Waals surface area contributed by atoms with Crippen LogP contribution in [0.2, 0.25) is 0 Å². The van der Waals surface area contributed by atoms with Crippen LogP contribution in [0.5, 0.6) is 0 Å². The number of rotatable bonds is 3. The van der Waals surface area contributed by atoms with E-state index in [1.165, 1.54) is 4.90 Å². The summed E-state index contributed by atoms with van der Waals surface area (Å²) in [6.45, 7) is 4.33. The molecule has 0 spiro atoms. The van der Waals surface area contributed by atoms with Crippen molar-refractivity contribution in [3.8, 4) is 0 Å². The van der Waals surface area contributed by atoms with Gasteiger partial charge < -0.3 is 20.6 Å². The van der Waals surface area contributed by atoms with Gasteiger partial charge in [-0.15, -0.1) is 0 Å². The molecule has 0 fully saturated rings. The second-order valence-corrected chi connectivity index (χ2v) is 8.64. The highest BCUT2D eigenvalue weighted by atomic mass is 19.1. The topological polar surface area (TPSA) is 95.6 Å². The lowest BCUT2D eigenvalue weighted by Crippen LogP contribution is -2.33. The number of halogens is 3. The Bertz CT molecular complexity index is 1310. The molecule has 5 rings (SSSR count). The molecule has 34 heavy (non-hydrogen) atoms. The molecule has 2 aliphatic rings. The first-order valence-corrected chi connectivity index (χ1v) is 10.8. The van der Waals surface area contributed by atoms with Crippen LogP contribution in [0.25, 0.3) is 0 Å². The molecule has 10 heteroatoms. The molecule has 3 aromatic rings. The van der Waals surface area contributed by atoms with E-state index in [9.17, 15) is 18.7 Å². The Labute approximate surface area is 193 Å². The standard InChI is InChI=1S/C24H22F3N5O2/c1-11-10-32(21-20(11)29-12(2)30-23(21)28)18-4-3-17-16(19(18)27)5-6-31(17)24(34)22(33)13-7-14(25)9-15(26)8-13/h3-4,7-9,11,22,33H,5-6,10H2,1-2H3,(H2,28,29,30)/t11?,22-/m0/s1. The Kier molecular flexibility index (Phi) is 5.20. The van der Waals surface area contributed by atoms with E-state index >= 15 is 4.39 Å². The van der Waals surface area contributed by atoms with Crippen molar-refractivity contribution < 1.29 is 23.1 Å². The number of aliphatic hydroxyl groups excluding tert-OH is 1. The van der Waals surface area contributed by atoms with Crippen molar-refractivity contribution in [3.05, 3.63) is 70.4 Å². The lowest BCUT2D eigenvalue weighted by molar-refractivity contribution is -0.126. The van der Waals surface area contributed by atoms with Crippen molar-refractivity contribution in [2.75, 3.05) is 28.6 Å². The van der Waals surface area contributed by atoms with Crippen molar-refractivity contribution in [1.82, 2.24) is 9.97 Å². The maximum atomic E-state index is 15.7. The van der Waals surface area contributed by atoms with Crippen LogP contribution in [0.4, 0.5) is 36.1 Å². The van der Waals surface area contributed by atoms with E-state index in [2.05, 4.69) is 9.97 Å². The van der Waals surface area contributed by atoms with Gasteiger partial charge in [-0.05, 0) is 43.2 Å². The third kappa shape index (κ3) is 3.45. The predicted molar refractivity (Wildman–Crippen MR) is 120 cm³/mol. The molecule has 0 bridgehead atoms. The number of hydrogen-bond donors (Lipinski definition) is 2. The predicted octanol–water partition coefficient (Wildman–Crippen LogP) is 3.66. The summed E-state index contributed by atoms with van der Waals surface area (Å²) in [4.78, 5) is 24.6. The summed E-state index contributed by atoms with van der Waals surface area (Å²) in [7, 11) is 0. The number of benzene rings is 2. The Balaban J connectivity index is 1.48. The number of aliphatic hydroxyl groups is 1. The van der Waals surface area contributed by atoms with Gasteiger partial charge in [0.05, 0.1) is 17.1 Å². The van der Waals surface area contributed by atoms with Crippen molar-refractivity contribution in [1.29, 1.82) is 0 Å². The van der Waals surface area contributed by atoms with Gasteiger partial charge in [0.1, 0.15) is 23.1 Å². The SMILES string of the molecule is Cc1nc(N)c2c(n1)C(C)CN2c1ccc2c(c1F)CCN2C(=O)[C@@H](O)c1cc(F)cc(F)c1. The Morgan fingerprint density at radius 1 is 1.15 bits per heavy atom. The number of nitrogen functional groups attached to an aromatic ring is 1. The summed E-state index contributed by atoms with van der Waals surface area (Å²) in [5.74, 6) is -2.26. The van der Waals surface area contributed by atoms with Gasteiger partial charge in [-0.1, -0.05) is 6.92 Å². The summed E-state index contributed by atoms with van der Waals surface area (Å²) in [5, 5.41) is 10.5. The van der Waals surface area contributed by atoms with Crippen LogP contribution in [0.1, 0.15) is 41.6 Å². The molecule has 0 aliphatic carbocycles. The van der Waals surface area contributed by atoms with E-state index in [1.54, 1.807) is 24.0 Å². The van der Waals surface area contributed by atoms with E-state index in [-0.39, 0.29) is 30.3 Å². The van der Waals surface area contributed by atoms with Crippen molar-refractivity contribution in [2.45, 2.75) is 32.3 Å². The molecule has 2 atom stereocenters. The first kappa shape index (κ1) is 22.1. The molecule has 2 aromatic carbocycles. The second-order valence-electron chi connectivity index (χ2n) is 8.64. The van der Waals surface area contributed by atoms with Gasteiger partial charge in [-0.3, -0.25) is 4.79 Å². The molecular weight excluding hydrogens is 447 g/mol. The smallest absolute Gasteiger partial charge is 0.260 e. The molecular formula is C24H22F3N5O2. The first-order valence-electron chi connectivity index (χ1n) is 10.8. The van der Waals surface area contributed by atoms with E-state index in [4.69, 9.17) is 5.73 Å². The molecule has 3 heterocycles. The maximum absolute atomic E-state index is 15.7. The zero-order valence-electron chi connectivity index (χ0n) is 18.5. The number of amides is 1. The number of carbonyl (C=O) groups excluding carboxylic acids is 1. The number of nitrogens with two attached hydrogens (primary N) is 1. The van der Waals surface area contributed by atoms with Crippen molar-refractivity contribution >= 4 is 28.8 Å². The largest absolute Gasteiger partial charge is 0.382 e. The fourth-order valence-corrected chi connectivity index (χ4v) is 4.80. The van der Waals surface area contributed by atoms with Crippen molar-refractivity contribution in [2.24, 2.45) is 0 Å². The van der Waals surface area contributed by atoms with Crippen LogP contribution in [-0.2, 0) is 11.2 Å². The summed E-state index contributed by atoms with van der Waals surface area (Å²) >= 11 is 0. The number of hydrogen-bond acceptors (Lipinski definition) is 6. The highest BCUT2D eigenvalue weighted by Crippen LogP contribution is 2.45. The average molecular weight is 469 g/mol. The van der Waals surface area contributed by atoms with Gasteiger partial charge in [-0.25, -0.2) is 23.1 Å². The van der Waals surface area contributed by atoms with Gasteiger partial charge in [0.15, 0.2) is 17.7 Å². The molecule has 0 radical (unpaired) electrons. The number of aryl methyl sites for hydroxylation is 1. The third-order valence-electron chi connectivity index (χ3n) is 6.31. The quantitative estimate of drug-likeness (QED) is 0.608. The molecule has 176 valence electrons. The molecule has 7 nitrogen and oxygen atoms in total. The summed E-state index contributed by atoms with van der Waals surface area (Å²) in [5.41, 5.74) is 8.19. The Hall–Kier alpha value is -3.66. The highest BCUT2D eigenvalue weighted by Gasteiger charge is 2.36. The minimum Gasteiger partial charge on any atom is -0.382 e. The summed E-state index contributed by atoms with van der Waals surface area (Å²) in [6, 6.07) is 5.60. The van der Waals surface area contributed by atoms with Crippen LogP contribution in [-0.4, -0.2) is 34.1 Å². The minimum absolute atomic E-state index is 0.0199. The third-order valence-corrected chi connectivity index (χ3v) is 6.31. The van der Waals surface area contributed by atoms with E-state index < -0.39 is 29.5 Å². The van der Waals surface area contributed by atoms with Crippen LogP contribution in [0, 0.1) is 24.4 Å². The van der Waals surface area contributed by atoms with E-state index in [0.29, 0.717) is 41.1 Å². The van der Waals surface area contributed by atoms with Crippen LogP contribution < -0.4 is 15.5 Å². The van der Waals surface area contributed by atoms with Crippen LogP contribution in [0.3, 0.4) is 0 Å². The van der Waals surface area contributed by atoms with Gasteiger partial charge in [-0.2, -0.15) is 0 Å². The van der Waals surface area contributed by atoms with Gasteiger partial charge in [0.25, 0.3) is 5.91 Å². The number of aromatic nitrogens is 2. The first-order chi connectivity index (χ1) is 16.2. The normalized spacial score (nSPS) is 17.6. The van der Waals surface area contributed by atoms with E-state index in [0.717, 1.165) is 17.8 Å². The van der Waals surface area contributed by atoms with Crippen LogP contribution in [0.15, 0.2) is 30.3 Å². The molecule has 1 aromatic heterocycles. The Morgan fingerprint density at radius 2 is 1.82 bits per heavy atom. The molecule has 3 N–H and O–H groups in total. The van der Waals surface area contributed by atoms with E-state index in [1.807, 2.05) is 6.92 Å². The molecule has 0 saturated carbocycles. The number of carbonyl (C=O) groups is 1. The minimum atomic E-state index is -1.79. The zero-order valence-corrected chi connectivity index (χ0v) is 18.5. The molecule has 1 amide bonds. The average Bonchev–Trinajstić information content (AvgIpc) is 3.34. The summed E-state index contributed by atoms with van der Waals surface area (Å²) in [6.07, 6.45) is -1.56. The van der Waals surface area contributed by atoms with Gasteiger partial charge in [0.2, 0.25) is 0 Å². The number of anilines is 4. The fourth-order valence-electron chi connectivity index (χ4n) is 4.80. The molecule has 0 saturated heterocycles. The molecule has 1 unspecified atom stereocenters. The lowest BCUT2D eigenvalue weighted by atomic mass is 10.1. The number of nitrogens with zero attached hydrogens (tertiary/aromatic N) is 4. The fraction of sp³-hybridized carbons (Fsp3) is 0.292. The van der Waals surface area contributed by atoms with Gasteiger partial charge >= 0.3 is 0 Å². The summed E-state index contributed by atoms with van der Waals surface area (Å²) < 4.78 is 42.8. The lowest BCUT2D eigenvalue weighted by Gasteiger charge is -2.24. The number of fused-ring (bicyclic) bond motifs is 2. The van der Waals surface area contributed by atoms with Gasteiger partial charge in [0, 0.05) is 30.6 Å². The molecule has 2 aliphatic heterocycles.